The predicted octanol–water partition coefficient (Wildman–Crippen LogP) is 2.56. The third-order valence-electron chi connectivity index (χ3n) is 5.47. The lowest BCUT2D eigenvalue weighted by Crippen LogP contribution is -2.35. The molecule has 0 radical (unpaired) electrons. The van der Waals surface area contributed by atoms with Crippen molar-refractivity contribution in [3.05, 3.63) is 93.5 Å². The number of amides is 1. The first kappa shape index (κ1) is 16.4. The van der Waals surface area contributed by atoms with Gasteiger partial charge in [0.15, 0.2) is 5.60 Å². The molecule has 0 bridgehead atoms. The van der Waals surface area contributed by atoms with E-state index in [1.807, 2.05) is 0 Å². The van der Waals surface area contributed by atoms with Gasteiger partial charge >= 0.3 is 5.97 Å². The number of carbonyl (C=O) groups excluding carboxylic acids is 2. The summed E-state index contributed by atoms with van der Waals surface area (Å²) in [5, 5.41) is 19.9. The molecule has 1 heterocycles. The van der Waals surface area contributed by atoms with Crippen molar-refractivity contribution in [3.8, 4) is 11.5 Å². The van der Waals surface area contributed by atoms with Gasteiger partial charge in [-0.2, -0.15) is 0 Å². The van der Waals surface area contributed by atoms with E-state index in [1.54, 1.807) is 48.5 Å². The number of ether oxygens (including phenoxy) is 1. The molecule has 3 aromatic rings. The first-order chi connectivity index (χ1) is 13.4. The lowest BCUT2D eigenvalue weighted by atomic mass is 9.71. The van der Waals surface area contributed by atoms with Gasteiger partial charge in [0.1, 0.15) is 11.5 Å². The number of benzene rings is 3. The number of phenols is 2. The Morgan fingerprint density at radius 2 is 1.46 bits per heavy atom. The molecule has 2 aliphatic rings. The average molecular weight is 373 g/mol. The fourth-order valence-electron chi connectivity index (χ4n) is 4.31. The first-order valence-electron chi connectivity index (χ1n) is 8.72. The third-order valence-corrected chi connectivity index (χ3v) is 5.47. The number of fused-ring (bicyclic) bond motifs is 6. The average Bonchev–Trinajstić information content (AvgIpc) is 2.94. The Morgan fingerprint density at radius 1 is 0.893 bits per heavy atom. The van der Waals surface area contributed by atoms with Gasteiger partial charge in [-0.1, -0.05) is 18.2 Å². The van der Waals surface area contributed by atoms with Gasteiger partial charge in [0.25, 0.3) is 0 Å². The van der Waals surface area contributed by atoms with Gasteiger partial charge in [-0.05, 0) is 53.9 Å². The Labute approximate surface area is 159 Å². The standard InChI is InChI=1S/C22H15NO5/c23-20(26)11-1-4-19-16(10-11)21(27)28-22(19)17-5-2-14(24)8-12(17)7-13-9-15(25)3-6-18(13)22/h1-6,8-10,24-25H,7H2,(H2,23,26). The number of primary amides is 1. The Morgan fingerprint density at radius 3 is 2.04 bits per heavy atom. The highest BCUT2D eigenvalue weighted by Crippen LogP contribution is 2.52. The molecule has 0 fully saturated rings. The highest BCUT2D eigenvalue weighted by atomic mass is 16.6. The van der Waals surface area contributed by atoms with E-state index in [-0.39, 0.29) is 22.6 Å². The van der Waals surface area contributed by atoms with E-state index in [1.165, 1.54) is 6.07 Å². The van der Waals surface area contributed by atoms with Crippen LogP contribution in [0.5, 0.6) is 11.5 Å². The van der Waals surface area contributed by atoms with Crippen LogP contribution in [0.25, 0.3) is 0 Å². The van der Waals surface area contributed by atoms with E-state index in [9.17, 15) is 19.8 Å². The summed E-state index contributed by atoms with van der Waals surface area (Å²) in [6, 6.07) is 14.5. The maximum Gasteiger partial charge on any atom is 0.340 e. The summed E-state index contributed by atoms with van der Waals surface area (Å²) >= 11 is 0. The van der Waals surface area contributed by atoms with E-state index in [0.717, 1.165) is 22.3 Å². The number of hydrogen-bond acceptors (Lipinski definition) is 5. The summed E-state index contributed by atoms with van der Waals surface area (Å²) < 4.78 is 5.97. The Balaban J connectivity index is 1.87. The second kappa shape index (κ2) is 5.36. The topological polar surface area (TPSA) is 110 Å². The van der Waals surface area contributed by atoms with Gasteiger partial charge in [-0.3, -0.25) is 4.79 Å². The van der Waals surface area contributed by atoms with Gasteiger partial charge in [-0.25, -0.2) is 4.79 Å². The van der Waals surface area contributed by atoms with Crippen LogP contribution in [0.1, 0.15) is 48.5 Å². The number of rotatable bonds is 1. The SMILES string of the molecule is NC(=O)c1ccc2c(c1)C(=O)OC21c2ccc(O)cc2Cc2cc(O)ccc21. The number of phenolic OH excluding ortho intramolecular Hbond substituents is 2. The monoisotopic (exact) mass is 373 g/mol. The fraction of sp³-hybridized carbons (Fsp3) is 0.0909. The molecule has 28 heavy (non-hydrogen) atoms. The maximum absolute atomic E-state index is 12.8. The van der Waals surface area contributed by atoms with Crippen LogP contribution in [-0.4, -0.2) is 22.1 Å². The summed E-state index contributed by atoms with van der Waals surface area (Å²) in [7, 11) is 0. The fourth-order valence-corrected chi connectivity index (χ4v) is 4.31. The highest BCUT2D eigenvalue weighted by Gasteiger charge is 2.52. The zero-order chi connectivity index (χ0) is 19.6. The Kier molecular flexibility index (Phi) is 3.13. The number of hydrogen-bond donors (Lipinski definition) is 3. The van der Waals surface area contributed by atoms with Crippen LogP contribution in [0.15, 0.2) is 54.6 Å². The van der Waals surface area contributed by atoms with Gasteiger partial charge < -0.3 is 20.7 Å². The quantitative estimate of drug-likeness (QED) is 0.568. The van der Waals surface area contributed by atoms with E-state index in [0.29, 0.717) is 12.0 Å². The smallest absolute Gasteiger partial charge is 0.340 e. The molecule has 6 heteroatoms. The van der Waals surface area contributed by atoms with Gasteiger partial charge in [0.2, 0.25) is 5.91 Å². The van der Waals surface area contributed by atoms with Crippen LogP contribution < -0.4 is 5.73 Å². The molecule has 3 aromatic carbocycles. The van der Waals surface area contributed by atoms with Crippen molar-refractivity contribution in [3.63, 3.8) is 0 Å². The highest BCUT2D eigenvalue weighted by molar-refractivity contribution is 6.01. The van der Waals surface area contributed by atoms with E-state index < -0.39 is 17.5 Å². The number of carbonyl (C=O) groups is 2. The lowest BCUT2D eigenvalue weighted by Gasteiger charge is -2.37. The normalized spacial score (nSPS) is 15.5. The first-order valence-corrected chi connectivity index (χ1v) is 8.72. The molecule has 5 rings (SSSR count). The number of nitrogens with two attached hydrogens (primary N) is 1. The number of aromatic hydroxyl groups is 2. The molecule has 1 amide bonds. The van der Waals surface area contributed by atoms with Crippen LogP contribution in [-0.2, 0) is 16.8 Å². The summed E-state index contributed by atoms with van der Waals surface area (Å²) in [5.74, 6) is -0.980. The minimum atomic E-state index is -1.22. The van der Waals surface area contributed by atoms with E-state index in [4.69, 9.17) is 10.5 Å². The minimum absolute atomic E-state index is 0.103. The molecule has 0 saturated carbocycles. The molecule has 0 unspecified atom stereocenters. The van der Waals surface area contributed by atoms with Crippen molar-refractivity contribution in [2.45, 2.75) is 12.0 Å². The van der Waals surface area contributed by atoms with Crippen molar-refractivity contribution >= 4 is 11.9 Å². The van der Waals surface area contributed by atoms with Crippen molar-refractivity contribution in [1.29, 1.82) is 0 Å². The minimum Gasteiger partial charge on any atom is -0.508 e. The lowest BCUT2D eigenvalue weighted by molar-refractivity contribution is 0.0240. The molecule has 0 atom stereocenters. The van der Waals surface area contributed by atoms with Crippen LogP contribution in [0.3, 0.4) is 0 Å². The third kappa shape index (κ3) is 2.02. The van der Waals surface area contributed by atoms with Crippen LogP contribution in [0, 0.1) is 0 Å². The molecule has 1 aliphatic heterocycles. The van der Waals surface area contributed by atoms with Crippen LogP contribution in [0.4, 0.5) is 0 Å². The predicted molar refractivity (Wildman–Crippen MR) is 99.3 cm³/mol. The number of esters is 1. The van der Waals surface area contributed by atoms with Crippen molar-refractivity contribution in [2.75, 3.05) is 0 Å². The maximum atomic E-state index is 12.8. The van der Waals surface area contributed by atoms with Crippen molar-refractivity contribution < 1.29 is 24.5 Å². The van der Waals surface area contributed by atoms with Gasteiger partial charge in [0, 0.05) is 22.3 Å². The molecule has 1 spiro atoms. The van der Waals surface area contributed by atoms with E-state index in [2.05, 4.69) is 0 Å². The molecule has 6 nitrogen and oxygen atoms in total. The van der Waals surface area contributed by atoms with Crippen LogP contribution >= 0.6 is 0 Å². The summed E-state index contributed by atoms with van der Waals surface area (Å²) in [6.07, 6.45) is 0.474. The molecular formula is C22H15NO5. The van der Waals surface area contributed by atoms with Crippen molar-refractivity contribution in [2.24, 2.45) is 5.73 Å². The summed E-state index contributed by atoms with van der Waals surface area (Å²) in [5.41, 5.74) is 8.30. The summed E-state index contributed by atoms with van der Waals surface area (Å²) in [6.45, 7) is 0. The second-order valence-electron chi connectivity index (χ2n) is 7.05. The molecular weight excluding hydrogens is 358 g/mol. The van der Waals surface area contributed by atoms with Gasteiger partial charge in [-0.15, -0.1) is 0 Å². The molecule has 1 aliphatic carbocycles. The van der Waals surface area contributed by atoms with Crippen LogP contribution in [0.2, 0.25) is 0 Å². The Hall–Kier alpha value is -3.80. The van der Waals surface area contributed by atoms with E-state index >= 15 is 0 Å². The largest absolute Gasteiger partial charge is 0.508 e. The Bertz CT molecular complexity index is 1150. The molecule has 0 saturated heterocycles. The second-order valence-corrected chi connectivity index (χ2v) is 7.05. The molecule has 4 N–H and O–H groups in total. The summed E-state index contributed by atoms with van der Waals surface area (Å²) in [4.78, 5) is 24.4. The zero-order valence-electron chi connectivity index (χ0n) is 14.6. The van der Waals surface area contributed by atoms with Gasteiger partial charge in [0.05, 0.1) is 5.56 Å². The molecule has 0 aromatic heterocycles. The zero-order valence-corrected chi connectivity index (χ0v) is 14.6. The van der Waals surface area contributed by atoms with Crippen molar-refractivity contribution in [1.82, 2.24) is 0 Å². The molecule has 138 valence electrons.